The summed E-state index contributed by atoms with van der Waals surface area (Å²) in [6, 6.07) is 4.52. The van der Waals surface area contributed by atoms with Gasteiger partial charge in [-0.05, 0) is 12.1 Å². The zero-order valence-electron chi connectivity index (χ0n) is 8.89. The highest BCUT2D eigenvalue weighted by atomic mass is 32.2. The Morgan fingerprint density at radius 1 is 1.22 bits per heavy atom. The molecule has 0 saturated carbocycles. The molecule has 0 fully saturated rings. The van der Waals surface area contributed by atoms with E-state index in [0.717, 1.165) is 19.2 Å². The number of esters is 1. The van der Waals surface area contributed by atoms with Crippen molar-refractivity contribution in [2.45, 2.75) is 5.51 Å². The maximum absolute atomic E-state index is 12.1. The van der Waals surface area contributed by atoms with Crippen LogP contribution in [0, 0.1) is 0 Å². The van der Waals surface area contributed by atoms with Crippen LogP contribution < -0.4 is 4.18 Å². The zero-order valence-corrected chi connectivity index (χ0v) is 9.71. The Hall–Kier alpha value is -1.77. The highest BCUT2D eigenvalue weighted by molar-refractivity contribution is 7.88. The number of carbonyl (C=O) groups excluding carboxylic acids is 1. The van der Waals surface area contributed by atoms with E-state index in [-0.39, 0.29) is 0 Å². The second kappa shape index (κ2) is 4.84. The fourth-order valence-electron chi connectivity index (χ4n) is 0.983. The van der Waals surface area contributed by atoms with Gasteiger partial charge in [0.05, 0.1) is 7.11 Å². The van der Waals surface area contributed by atoms with Crippen LogP contribution in [0.5, 0.6) is 5.75 Å². The third-order valence-electron chi connectivity index (χ3n) is 1.78. The molecule has 1 aromatic rings. The molecule has 0 aromatic heterocycles. The van der Waals surface area contributed by atoms with Crippen LogP contribution in [0.25, 0.3) is 0 Å². The maximum Gasteiger partial charge on any atom is 0.534 e. The van der Waals surface area contributed by atoms with Crippen molar-refractivity contribution in [3.8, 4) is 5.75 Å². The van der Waals surface area contributed by atoms with E-state index in [1.807, 2.05) is 0 Å². The largest absolute Gasteiger partial charge is 0.534 e. The minimum atomic E-state index is -5.82. The van der Waals surface area contributed by atoms with E-state index in [1.54, 1.807) is 0 Å². The van der Waals surface area contributed by atoms with Crippen molar-refractivity contribution in [3.05, 3.63) is 29.8 Å². The lowest BCUT2D eigenvalue weighted by atomic mass is 10.2. The minimum absolute atomic E-state index is 0.423. The van der Waals surface area contributed by atoms with E-state index in [9.17, 15) is 26.4 Å². The molecule has 100 valence electrons. The molecule has 0 radical (unpaired) electrons. The van der Waals surface area contributed by atoms with Crippen LogP contribution in [0.4, 0.5) is 13.2 Å². The molecule has 9 heteroatoms. The van der Waals surface area contributed by atoms with Crippen molar-refractivity contribution in [3.63, 3.8) is 0 Å². The standard InChI is InChI=1S/C9H7F3O5S/c1-16-8(13)6-4-2-3-5-7(6)17-18(14,15)9(10,11)12/h2-5H,1H3. The van der Waals surface area contributed by atoms with Gasteiger partial charge in [-0.2, -0.15) is 21.6 Å². The summed E-state index contributed by atoms with van der Waals surface area (Å²) in [4.78, 5) is 11.2. The number of para-hydroxylation sites is 1. The van der Waals surface area contributed by atoms with Crippen LogP contribution >= 0.6 is 0 Å². The van der Waals surface area contributed by atoms with Crippen molar-refractivity contribution in [1.82, 2.24) is 0 Å². The first kappa shape index (κ1) is 14.3. The average Bonchev–Trinajstić information content (AvgIpc) is 2.26. The number of carbonyl (C=O) groups is 1. The summed E-state index contributed by atoms with van der Waals surface area (Å²) in [7, 11) is -4.83. The topological polar surface area (TPSA) is 69.7 Å². The van der Waals surface area contributed by atoms with Gasteiger partial charge in [0, 0.05) is 0 Å². The smallest absolute Gasteiger partial charge is 0.465 e. The Labute approximate surface area is 100 Å². The number of methoxy groups -OCH3 is 1. The number of hydrogen-bond donors (Lipinski definition) is 0. The maximum atomic E-state index is 12.1. The average molecular weight is 284 g/mol. The summed E-state index contributed by atoms with van der Waals surface area (Å²) in [5.74, 6) is -1.76. The van der Waals surface area contributed by atoms with Crippen molar-refractivity contribution >= 4 is 16.1 Å². The van der Waals surface area contributed by atoms with Gasteiger partial charge in [-0.25, -0.2) is 4.79 Å². The molecule has 0 atom stereocenters. The molecule has 5 nitrogen and oxygen atoms in total. The van der Waals surface area contributed by atoms with E-state index in [0.29, 0.717) is 0 Å². The molecule has 0 aliphatic rings. The van der Waals surface area contributed by atoms with Gasteiger partial charge >= 0.3 is 21.6 Å². The predicted molar refractivity (Wildman–Crippen MR) is 53.4 cm³/mol. The van der Waals surface area contributed by atoms with E-state index in [2.05, 4.69) is 8.92 Å². The van der Waals surface area contributed by atoms with Gasteiger partial charge in [0.2, 0.25) is 0 Å². The molecule has 0 saturated heterocycles. The summed E-state index contributed by atoms with van der Waals surface area (Å²) < 4.78 is 66.0. The van der Waals surface area contributed by atoms with Crippen LogP contribution in [-0.4, -0.2) is 27.0 Å². The zero-order chi connectivity index (χ0) is 14.0. The molecule has 0 heterocycles. The first-order valence-corrected chi connectivity index (χ1v) is 5.78. The molecule has 0 aliphatic carbocycles. The predicted octanol–water partition coefficient (Wildman–Crippen LogP) is 1.70. The van der Waals surface area contributed by atoms with Gasteiger partial charge in [-0.1, -0.05) is 12.1 Å². The van der Waals surface area contributed by atoms with Crippen molar-refractivity contribution in [1.29, 1.82) is 0 Å². The number of hydrogen-bond acceptors (Lipinski definition) is 5. The van der Waals surface area contributed by atoms with Gasteiger partial charge in [0.15, 0.2) is 5.75 Å². The lowest BCUT2D eigenvalue weighted by Crippen LogP contribution is -2.28. The molecular weight excluding hydrogens is 277 g/mol. The SMILES string of the molecule is COC(=O)c1ccccc1OS(=O)(=O)C(F)(F)F. The Kier molecular flexibility index (Phi) is 3.85. The molecule has 1 rings (SSSR count). The molecule has 18 heavy (non-hydrogen) atoms. The molecule has 0 unspecified atom stereocenters. The summed E-state index contributed by atoms with van der Waals surface area (Å²) >= 11 is 0. The fourth-order valence-corrected chi connectivity index (χ4v) is 1.46. The van der Waals surface area contributed by atoms with Gasteiger partial charge in [0.1, 0.15) is 5.56 Å². The summed E-state index contributed by atoms with van der Waals surface area (Å²) in [6.45, 7) is 0. The number of benzene rings is 1. The highest BCUT2D eigenvalue weighted by Crippen LogP contribution is 2.29. The van der Waals surface area contributed by atoms with Crippen LogP contribution in [0.3, 0.4) is 0 Å². The van der Waals surface area contributed by atoms with E-state index >= 15 is 0 Å². The number of ether oxygens (including phenoxy) is 1. The first-order chi connectivity index (χ1) is 8.19. The van der Waals surface area contributed by atoms with E-state index in [4.69, 9.17) is 0 Å². The second-order valence-electron chi connectivity index (χ2n) is 2.97. The molecule has 1 aromatic carbocycles. The summed E-state index contributed by atoms with van der Waals surface area (Å²) in [5.41, 5.74) is -6.00. The monoisotopic (exact) mass is 284 g/mol. The number of alkyl halides is 3. The van der Waals surface area contributed by atoms with E-state index in [1.165, 1.54) is 12.1 Å². The van der Waals surface area contributed by atoms with Crippen LogP contribution in [0.2, 0.25) is 0 Å². The lowest BCUT2D eigenvalue weighted by Gasteiger charge is -2.11. The Morgan fingerprint density at radius 2 is 1.78 bits per heavy atom. The van der Waals surface area contributed by atoms with Crippen LogP contribution in [0.1, 0.15) is 10.4 Å². The quantitative estimate of drug-likeness (QED) is 0.480. The van der Waals surface area contributed by atoms with Crippen molar-refractivity contribution in [2.75, 3.05) is 7.11 Å². The third-order valence-corrected chi connectivity index (χ3v) is 2.74. The van der Waals surface area contributed by atoms with Crippen molar-refractivity contribution < 1.29 is 35.3 Å². The van der Waals surface area contributed by atoms with Gasteiger partial charge < -0.3 is 8.92 Å². The second-order valence-corrected chi connectivity index (χ2v) is 4.51. The molecule has 0 spiro atoms. The van der Waals surface area contributed by atoms with Crippen LogP contribution in [-0.2, 0) is 14.9 Å². The lowest BCUT2D eigenvalue weighted by molar-refractivity contribution is -0.0500. The van der Waals surface area contributed by atoms with Gasteiger partial charge in [-0.3, -0.25) is 0 Å². The Balaban J connectivity index is 3.18. The molecular formula is C9H7F3O5S. The van der Waals surface area contributed by atoms with Gasteiger partial charge in [0.25, 0.3) is 0 Å². The number of rotatable bonds is 3. The first-order valence-electron chi connectivity index (χ1n) is 4.37. The molecule has 0 aliphatic heterocycles. The summed E-state index contributed by atoms with van der Waals surface area (Å²) in [6.07, 6.45) is 0. The number of halogens is 3. The summed E-state index contributed by atoms with van der Waals surface area (Å²) in [5, 5.41) is 0. The van der Waals surface area contributed by atoms with Crippen molar-refractivity contribution in [2.24, 2.45) is 0 Å². The Bertz CT molecular complexity index is 550. The van der Waals surface area contributed by atoms with Crippen LogP contribution in [0.15, 0.2) is 24.3 Å². The highest BCUT2D eigenvalue weighted by Gasteiger charge is 2.48. The molecule has 0 amide bonds. The molecule has 0 N–H and O–H groups in total. The van der Waals surface area contributed by atoms with E-state index < -0.39 is 32.9 Å². The molecule has 0 bridgehead atoms. The normalized spacial score (nSPS) is 12.0. The minimum Gasteiger partial charge on any atom is -0.465 e. The Morgan fingerprint density at radius 3 is 2.28 bits per heavy atom. The third kappa shape index (κ3) is 2.92. The fraction of sp³-hybridized carbons (Fsp3) is 0.222. The van der Waals surface area contributed by atoms with Gasteiger partial charge in [-0.15, -0.1) is 0 Å².